The Kier molecular flexibility index (Phi) is 5.82. The van der Waals surface area contributed by atoms with Crippen LogP contribution in [-0.4, -0.2) is 54.6 Å². The zero-order valence-corrected chi connectivity index (χ0v) is 17.6. The van der Waals surface area contributed by atoms with E-state index < -0.39 is 15.9 Å². The van der Waals surface area contributed by atoms with E-state index in [1.165, 1.54) is 16.4 Å². The van der Waals surface area contributed by atoms with Gasteiger partial charge in [0.05, 0.1) is 10.8 Å². The van der Waals surface area contributed by atoms with Crippen molar-refractivity contribution < 1.29 is 18.0 Å². The van der Waals surface area contributed by atoms with Crippen molar-refractivity contribution in [1.82, 2.24) is 9.21 Å². The van der Waals surface area contributed by atoms with E-state index in [0.29, 0.717) is 25.3 Å². The molecule has 8 heteroatoms. The molecule has 1 N–H and O–H groups in total. The van der Waals surface area contributed by atoms with Crippen molar-refractivity contribution in [2.24, 2.45) is 5.92 Å². The molecule has 1 aromatic rings. The smallest absolute Gasteiger partial charge is 0.243 e. The first-order valence-electron chi connectivity index (χ1n) is 9.80. The average molecular weight is 408 g/mol. The molecule has 1 atom stereocenters. The van der Waals surface area contributed by atoms with Crippen molar-refractivity contribution in [2.75, 3.05) is 25.0 Å². The van der Waals surface area contributed by atoms with Crippen LogP contribution in [-0.2, 0) is 19.6 Å². The quantitative estimate of drug-likeness (QED) is 0.831. The van der Waals surface area contributed by atoms with E-state index in [1.807, 2.05) is 20.8 Å². The van der Waals surface area contributed by atoms with E-state index in [4.69, 9.17) is 0 Å². The molecular weight excluding hydrogens is 378 g/mol. The largest absolute Gasteiger partial charge is 0.337 e. The molecule has 0 bridgehead atoms. The summed E-state index contributed by atoms with van der Waals surface area (Å²) in [6, 6.07) is 6.27. The summed E-state index contributed by atoms with van der Waals surface area (Å²) in [5.41, 5.74) is 0.223. The van der Waals surface area contributed by atoms with Crippen LogP contribution in [0.15, 0.2) is 29.2 Å². The number of amides is 2. The molecule has 1 aromatic carbocycles. The first-order valence-corrected chi connectivity index (χ1v) is 11.2. The van der Waals surface area contributed by atoms with Crippen molar-refractivity contribution in [1.29, 1.82) is 0 Å². The van der Waals surface area contributed by atoms with E-state index in [1.54, 1.807) is 17.0 Å². The number of hydrogen-bond donors (Lipinski definition) is 1. The summed E-state index contributed by atoms with van der Waals surface area (Å²) in [5.74, 6) is -0.633. The van der Waals surface area contributed by atoms with Crippen molar-refractivity contribution in [3.05, 3.63) is 24.3 Å². The number of carbonyl (C=O) groups excluding carboxylic acids is 2. The fourth-order valence-electron chi connectivity index (χ4n) is 3.74. The van der Waals surface area contributed by atoms with Crippen LogP contribution in [0.3, 0.4) is 0 Å². The van der Waals surface area contributed by atoms with Crippen LogP contribution in [0.2, 0.25) is 0 Å². The fraction of sp³-hybridized carbons (Fsp3) is 0.600. The highest BCUT2D eigenvalue weighted by Gasteiger charge is 2.39. The molecule has 2 heterocycles. The third-order valence-corrected chi connectivity index (χ3v) is 7.29. The molecule has 0 saturated carbocycles. The van der Waals surface area contributed by atoms with Gasteiger partial charge in [0.15, 0.2) is 0 Å². The molecule has 28 heavy (non-hydrogen) atoms. The molecule has 2 aliphatic heterocycles. The second kappa shape index (κ2) is 7.83. The number of anilines is 1. The van der Waals surface area contributed by atoms with E-state index in [9.17, 15) is 18.0 Å². The maximum absolute atomic E-state index is 12.7. The summed E-state index contributed by atoms with van der Waals surface area (Å²) in [4.78, 5) is 26.7. The number of hydrogen-bond acceptors (Lipinski definition) is 4. The fourth-order valence-corrected chi connectivity index (χ4v) is 5.26. The summed E-state index contributed by atoms with van der Waals surface area (Å²) in [6.45, 7) is 7.36. The van der Waals surface area contributed by atoms with E-state index in [0.717, 1.165) is 19.3 Å². The molecular formula is C20H29N3O4S. The number of benzene rings is 1. The lowest BCUT2D eigenvalue weighted by Gasteiger charge is -2.31. The van der Waals surface area contributed by atoms with Crippen molar-refractivity contribution >= 4 is 27.5 Å². The molecule has 0 unspecified atom stereocenters. The van der Waals surface area contributed by atoms with Gasteiger partial charge >= 0.3 is 0 Å². The van der Waals surface area contributed by atoms with Crippen molar-refractivity contribution in [3.8, 4) is 0 Å². The van der Waals surface area contributed by atoms with Gasteiger partial charge in [-0.1, -0.05) is 6.42 Å². The Bertz CT molecular complexity index is 837. The maximum atomic E-state index is 12.7. The number of nitrogens with one attached hydrogen (secondary N) is 1. The highest BCUT2D eigenvalue weighted by Crippen LogP contribution is 2.27. The van der Waals surface area contributed by atoms with Crippen LogP contribution in [0.5, 0.6) is 0 Å². The predicted octanol–water partition coefficient (Wildman–Crippen LogP) is 2.45. The van der Waals surface area contributed by atoms with Crippen LogP contribution in [0.4, 0.5) is 5.69 Å². The van der Waals surface area contributed by atoms with Gasteiger partial charge in [0.2, 0.25) is 21.8 Å². The maximum Gasteiger partial charge on any atom is 0.243 e. The van der Waals surface area contributed by atoms with Crippen LogP contribution in [0, 0.1) is 5.92 Å². The highest BCUT2D eigenvalue weighted by atomic mass is 32.2. The Morgan fingerprint density at radius 2 is 1.68 bits per heavy atom. The number of sulfonamides is 1. The first-order chi connectivity index (χ1) is 13.1. The molecule has 2 saturated heterocycles. The molecule has 0 aromatic heterocycles. The zero-order valence-electron chi connectivity index (χ0n) is 16.8. The number of rotatable bonds is 4. The third kappa shape index (κ3) is 4.38. The molecule has 0 radical (unpaired) electrons. The SMILES string of the molecule is CC(C)(C)N1C[C@@H](C(=O)Nc2ccc(S(=O)(=O)N3CCCCC3)cc2)CC1=O. The van der Waals surface area contributed by atoms with Gasteiger partial charge in [-0.05, 0) is 57.9 Å². The Morgan fingerprint density at radius 3 is 2.21 bits per heavy atom. The van der Waals surface area contributed by atoms with Crippen LogP contribution in [0.25, 0.3) is 0 Å². The van der Waals surface area contributed by atoms with Crippen molar-refractivity contribution in [2.45, 2.75) is 56.9 Å². The summed E-state index contributed by atoms with van der Waals surface area (Å²) in [5, 5.41) is 2.81. The average Bonchev–Trinajstić information content (AvgIpc) is 3.05. The Labute approximate surface area is 167 Å². The minimum atomic E-state index is -3.48. The summed E-state index contributed by atoms with van der Waals surface area (Å²) in [7, 11) is -3.48. The van der Waals surface area contributed by atoms with Gasteiger partial charge in [-0.15, -0.1) is 0 Å². The molecule has 7 nitrogen and oxygen atoms in total. The van der Waals surface area contributed by atoms with Gasteiger partial charge < -0.3 is 10.2 Å². The Morgan fingerprint density at radius 1 is 1.07 bits per heavy atom. The monoisotopic (exact) mass is 407 g/mol. The molecule has 154 valence electrons. The molecule has 2 amide bonds. The summed E-state index contributed by atoms with van der Waals surface area (Å²) in [6.07, 6.45) is 3.04. The highest BCUT2D eigenvalue weighted by molar-refractivity contribution is 7.89. The summed E-state index contributed by atoms with van der Waals surface area (Å²) < 4.78 is 26.9. The van der Waals surface area contributed by atoms with Crippen LogP contribution < -0.4 is 5.32 Å². The van der Waals surface area contributed by atoms with E-state index in [-0.39, 0.29) is 28.7 Å². The minimum Gasteiger partial charge on any atom is -0.337 e. The van der Waals surface area contributed by atoms with E-state index in [2.05, 4.69) is 5.32 Å². The van der Waals surface area contributed by atoms with Gasteiger partial charge in [0, 0.05) is 37.3 Å². The first kappa shape index (κ1) is 20.8. The lowest BCUT2D eigenvalue weighted by molar-refractivity contribution is -0.131. The standard InChI is InChI=1S/C20H29N3O4S/c1-20(2,3)23-14-15(13-18(23)24)19(25)21-16-7-9-17(10-8-16)28(26,27)22-11-5-4-6-12-22/h7-10,15H,4-6,11-14H2,1-3H3,(H,21,25)/t15-/m0/s1. The molecule has 3 rings (SSSR count). The number of likely N-dealkylation sites (tertiary alicyclic amines) is 1. The molecule has 0 aliphatic carbocycles. The number of nitrogens with zero attached hydrogens (tertiary/aromatic N) is 2. The normalized spacial score (nSPS) is 21.8. The molecule has 0 spiro atoms. The minimum absolute atomic E-state index is 0.0179. The van der Waals surface area contributed by atoms with Gasteiger partial charge in [0.25, 0.3) is 0 Å². The second-order valence-corrected chi connectivity index (χ2v) is 10.5. The summed E-state index contributed by atoms with van der Waals surface area (Å²) >= 11 is 0. The van der Waals surface area contributed by atoms with Crippen LogP contribution >= 0.6 is 0 Å². The lowest BCUT2D eigenvalue weighted by atomic mass is 10.1. The van der Waals surface area contributed by atoms with E-state index >= 15 is 0 Å². The van der Waals surface area contributed by atoms with Crippen molar-refractivity contribution in [3.63, 3.8) is 0 Å². The zero-order chi connectivity index (χ0) is 20.5. The lowest BCUT2D eigenvalue weighted by Crippen LogP contribution is -2.42. The van der Waals surface area contributed by atoms with Crippen LogP contribution in [0.1, 0.15) is 46.5 Å². The molecule has 2 fully saturated rings. The topological polar surface area (TPSA) is 86.8 Å². The van der Waals surface area contributed by atoms with Gasteiger partial charge in [-0.3, -0.25) is 9.59 Å². The predicted molar refractivity (Wildman–Crippen MR) is 107 cm³/mol. The Hall–Kier alpha value is -1.93. The number of carbonyl (C=O) groups is 2. The number of piperidine rings is 1. The third-order valence-electron chi connectivity index (χ3n) is 5.38. The molecule has 2 aliphatic rings. The van der Waals surface area contributed by atoms with Gasteiger partial charge in [-0.2, -0.15) is 4.31 Å². The second-order valence-electron chi connectivity index (χ2n) is 8.55. The van der Waals surface area contributed by atoms with Gasteiger partial charge in [0.1, 0.15) is 0 Å². The van der Waals surface area contributed by atoms with Gasteiger partial charge in [-0.25, -0.2) is 8.42 Å². The Balaban J connectivity index is 1.64.